The molecule has 0 saturated heterocycles. The summed E-state index contributed by atoms with van der Waals surface area (Å²) in [4.78, 5) is 2.07. The topological polar surface area (TPSA) is 74.2 Å². The predicted molar refractivity (Wildman–Crippen MR) is 100 cm³/mol. The fraction of sp³-hybridized carbons (Fsp3) is 0.684. The van der Waals surface area contributed by atoms with E-state index in [1.165, 1.54) is 0 Å². The lowest BCUT2D eigenvalue weighted by Crippen LogP contribution is -2.42. The number of nitrogens with zero attached hydrogens (tertiary/aromatic N) is 1. The van der Waals surface area contributed by atoms with Gasteiger partial charge >= 0.3 is 0 Å². The van der Waals surface area contributed by atoms with Gasteiger partial charge in [0.15, 0.2) is 11.5 Å². The van der Waals surface area contributed by atoms with Crippen LogP contribution in [0.15, 0.2) is 18.2 Å². The number of hydrogen-bond donors (Lipinski definition) is 3. The number of likely N-dealkylation sites (N-methyl/N-ethyl adjacent to an activating group) is 1. The Kier molecular flexibility index (Phi) is 8.65. The average molecular weight is 354 g/mol. The second-order valence-electron chi connectivity index (χ2n) is 7.38. The SMILES string of the molecule is COc1cc(CNC(C)(C)CO)ccc1OC[C@@H](O)CN(C)C(C)C. The average Bonchev–Trinajstić information content (AvgIpc) is 2.58. The quantitative estimate of drug-likeness (QED) is 0.561. The predicted octanol–water partition coefficient (Wildman–Crippen LogP) is 1.64. The van der Waals surface area contributed by atoms with E-state index in [0.717, 1.165) is 5.56 Å². The minimum absolute atomic E-state index is 0.0635. The Hall–Kier alpha value is -1.34. The first-order chi connectivity index (χ1) is 11.7. The normalized spacial score (nSPS) is 13.4. The number of nitrogens with one attached hydrogen (secondary N) is 1. The molecule has 3 N–H and O–H groups in total. The standard InChI is InChI=1S/C19H34N2O4/c1-14(2)21(5)11-16(23)12-25-17-8-7-15(9-18(17)24-6)10-20-19(3,4)13-22/h7-9,14,16,20,22-23H,10-13H2,1-6H3/t16-/m0/s1. The summed E-state index contributed by atoms with van der Waals surface area (Å²) in [7, 11) is 3.57. The van der Waals surface area contributed by atoms with E-state index in [4.69, 9.17) is 9.47 Å². The summed E-state index contributed by atoms with van der Waals surface area (Å²) < 4.78 is 11.1. The van der Waals surface area contributed by atoms with Gasteiger partial charge in [0.05, 0.1) is 13.7 Å². The minimum Gasteiger partial charge on any atom is -0.493 e. The summed E-state index contributed by atoms with van der Waals surface area (Å²) in [6.07, 6.45) is -0.566. The molecular formula is C19H34N2O4. The van der Waals surface area contributed by atoms with E-state index in [2.05, 4.69) is 24.1 Å². The highest BCUT2D eigenvalue weighted by atomic mass is 16.5. The molecule has 0 aliphatic rings. The maximum Gasteiger partial charge on any atom is 0.161 e. The molecule has 0 aliphatic carbocycles. The molecule has 0 saturated carbocycles. The fourth-order valence-electron chi connectivity index (χ4n) is 2.12. The summed E-state index contributed by atoms with van der Waals surface area (Å²) in [6.45, 7) is 9.50. The van der Waals surface area contributed by atoms with Gasteiger partial charge < -0.3 is 29.9 Å². The van der Waals surface area contributed by atoms with Crippen molar-refractivity contribution < 1.29 is 19.7 Å². The van der Waals surface area contributed by atoms with Gasteiger partial charge in [0.25, 0.3) is 0 Å². The molecule has 0 unspecified atom stereocenters. The molecule has 6 heteroatoms. The molecule has 1 atom stereocenters. The van der Waals surface area contributed by atoms with E-state index in [1.807, 2.05) is 39.1 Å². The highest BCUT2D eigenvalue weighted by Gasteiger charge is 2.16. The molecule has 144 valence electrons. The fourth-order valence-corrected chi connectivity index (χ4v) is 2.12. The van der Waals surface area contributed by atoms with Crippen molar-refractivity contribution in [2.24, 2.45) is 0 Å². The maximum absolute atomic E-state index is 10.1. The molecule has 0 amide bonds. The van der Waals surface area contributed by atoms with Crippen molar-refractivity contribution in [2.45, 2.75) is 51.9 Å². The third kappa shape index (κ3) is 7.61. The maximum atomic E-state index is 10.1. The van der Waals surface area contributed by atoms with Crippen LogP contribution in [0.2, 0.25) is 0 Å². The minimum atomic E-state index is -0.566. The van der Waals surface area contributed by atoms with Crippen LogP contribution in [-0.2, 0) is 6.54 Å². The Morgan fingerprint density at radius 1 is 1.24 bits per heavy atom. The van der Waals surface area contributed by atoms with Gasteiger partial charge in [-0.15, -0.1) is 0 Å². The molecule has 0 aromatic heterocycles. The molecule has 1 aromatic rings. The summed E-state index contributed by atoms with van der Waals surface area (Å²) in [5, 5.41) is 22.7. The Bertz CT molecular complexity index is 520. The van der Waals surface area contributed by atoms with E-state index in [1.54, 1.807) is 7.11 Å². The smallest absolute Gasteiger partial charge is 0.161 e. The van der Waals surface area contributed by atoms with Gasteiger partial charge in [-0.1, -0.05) is 6.07 Å². The molecule has 0 fully saturated rings. The lowest BCUT2D eigenvalue weighted by Gasteiger charge is -2.25. The number of methoxy groups -OCH3 is 1. The van der Waals surface area contributed by atoms with Crippen LogP contribution in [-0.4, -0.2) is 66.7 Å². The number of aliphatic hydroxyl groups excluding tert-OH is 2. The first-order valence-electron chi connectivity index (χ1n) is 8.72. The highest BCUT2D eigenvalue weighted by molar-refractivity contribution is 5.43. The van der Waals surface area contributed by atoms with Crippen molar-refractivity contribution in [2.75, 3.05) is 33.9 Å². The zero-order valence-electron chi connectivity index (χ0n) is 16.4. The zero-order chi connectivity index (χ0) is 19.0. The summed E-state index contributed by atoms with van der Waals surface area (Å²) >= 11 is 0. The zero-order valence-corrected chi connectivity index (χ0v) is 16.4. The van der Waals surface area contributed by atoms with E-state index in [0.29, 0.717) is 30.6 Å². The number of ether oxygens (including phenoxy) is 2. The van der Waals surface area contributed by atoms with Crippen LogP contribution in [0.1, 0.15) is 33.3 Å². The largest absolute Gasteiger partial charge is 0.493 e. The Morgan fingerprint density at radius 2 is 1.92 bits per heavy atom. The van der Waals surface area contributed by atoms with E-state index in [-0.39, 0.29) is 18.8 Å². The summed E-state index contributed by atoms with van der Waals surface area (Å²) in [6, 6.07) is 6.08. The van der Waals surface area contributed by atoms with Crippen molar-refractivity contribution in [3.05, 3.63) is 23.8 Å². The summed E-state index contributed by atoms with van der Waals surface area (Å²) in [5.74, 6) is 1.24. The van der Waals surface area contributed by atoms with E-state index < -0.39 is 6.10 Å². The van der Waals surface area contributed by atoms with Crippen LogP contribution < -0.4 is 14.8 Å². The van der Waals surface area contributed by atoms with Crippen LogP contribution in [0.3, 0.4) is 0 Å². The molecule has 1 aromatic carbocycles. The molecule has 25 heavy (non-hydrogen) atoms. The molecule has 0 spiro atoms. The third-order valence-corrected chi connectivity index (χ3v) is 4.21. The molecular weight excluding hydrogens is 320 g/mol. The van der Waals surface area contributed by atoms with Crippen LogP contribution >= 0.6 is 0 Å². The van der Waals surface area contributed by atoms with Crippen molar-refractivity contribution in [3.63, 3.8) is 0 Å². The molecule has 0 radical (unpaired) electrons. The third-order valence-electron chi connectivity index (χ3n) is 4.21. The van der Waals surface area contributed by atoms with E-state index >= 15 is 0 Å². The van der Waals surface area contributed by atoms with Crippen LogP contribution in [0.4, 0.5) is 0 Å². The molecule has 0 aliphatic heterocycles. The number of hydrogen-bond acceptors (Lipinski definition) is 6. The first-order valence-corrected chi connectivity index (χ1v) is 8.72. The van der Waals surface area contributed by atoms with Gasteiger partial charge in [-0.2, -0.15) is 0 Å². The van der Waals surface area contributed by atoms with Crippen LogP contribution in [0.25, 0.3) is 0 Å². The van der Waals surface area contributed by atoms with Crippen molar-refractivity contribution in [1.29, 1.82) is 0 Å². The van der Waals surface area contributed by atoms with Crippen LogP contribution in [0.5, 0.6) is 11.5 Å². The Morgan fingerprint density at radius 3 is 2.48 bits per heavy atom. The first kappa shape index (κ1) is 21.7. The lowest BCUT2D eigenvalue weighted by atomic mass is 10.1. The lowest BCUT2D eigenvalue weighted by molar-refractivity contribution is 0.0668. The van der Waals surface area contributed by atoms with Gasteiger partial charge in [0, 0.05) is 24.7 Å². The molecule has 6 nitrogen and oxygen atoms in total. The van der Waals surface area contributed by atoms with Crippen molar-refractivity contribution in [3.8, 4) is 11.5 Å². The van der Waals surface area contributed by atoms with Gasteiger partial charge in [0.2, 0.25) is 0 Å². The second-order valence-corrected chi connectivity index (χ2v) is 7.38. The highest BCUT2D eigenvalue weighted by Crippen LogP contribution is 2.28. The van der Waals surface area contributed by atoms with Gasteiger partial charge in [-0.25, -0.2) is 0 Å². The molecule has 1 rings (SSSR count). The van der Waals surface area contributed by atoms with Crippen molar-refractivity contribution >= 4 is 0 Å². The Balaban J connectivity index is 2.63. The number of benzene rings is 1. The number of aliphatic hydroxyl groups is 2. The van der Waals surface area contributed by atoms with Gasteiger partial charge in [-0.3, -0.25) is 0 Å². The van der Waals surface area contributed by atoms with Gasteiger partial charge in [0.1, 0.15) is 12.7 Å². The van der Waals surface area contributed by atoms with E-state index in [9.17, 15) is 10.2 Å². The summed E-state index contributed by atoms with van der Waals surface area (Å²) in [5.41, 5.74) is 0.695. The van der Waals surface area contributed by atoms with Crippen molar-refractivity contribution in [1.82, 2.24) is 10.2 Å². The number of rotatable bonds is 11. The monoisotopic (exact) mass is 354 g/mol. The van der Waals surface area contributed by atoms with Gasteiger partial charge in [-0.05, 0) is 52.4 Å². The molecule has 0 heterocycles. The second kappa shape index (κ2) is 9.97. The molecule has 0 bridgehead atoms. The van der Waals surface area contributed by atoms with Crippen LogP contribution in [0, 0.1) is 0 Å². The Labute approximate surface area is 151 Å².